The second kappa shape index (κ2) is 8.58. The third-order valence-electron chi connectivity index (χ3n) is 7.30. The van der Waals surface area contributed by atoms with E-state index in [0.717, 1.165) is 29.9 Å². The number of hydrogen-bond donors (Lipinski definition) is 1. The molecule has 3 aliphatic rings. The van der Waals surface area contributed by atoms with E-state index in [1.54, 1.807) is 14.2 Å². The summed E-state index contributed by atoms with van der Waals surface area (Å²) in [6, 6.07) is 3.30. The van der Waals surface area contributed by atoms with Gasteiger partial charge in [-0.1, -0.05) is 12.8 Å². The van der Waals surface area contributed by atoms with Crippen molar-refractivity contribution in [3.05, 3.63) is 17.3 Å². The van der Waals surface area contributed by atoms with Crippen molar-refractivity contribution in [2.45, 2.75) is 76.3 Å². The van der Waals surface area contributed by atoms with Gasteiger partial charge in [-0.2, -0.15) is 0 Å². The van der Waals surface area contributed by atoms with Gasteiger partial charge in [-0.05, 0) is 56.9 Å². The van der Waals surface area contributed by atoms with Crippen LogP contribution < -0.4 is 14.8 Å². The Labute approximate surface area is 179 Å². The molecule has 1 saturated heterocycles. The zero-order valence-corrected chi connectivity index (χ0v) is 18.4. The van der Waals surface area contributed by atoms with E-state index in [1.165, 1.54) is 81.4 Å². The summed E-state index contributed by atoms with van der Waals surface area (Å²) in [7, 11) is 3.30. The summed E-state index contributed by atoms with van der Waals surface area (Å²) in [6.45, 7) is 2.41. The third kappa shape index (κ3) is 3.70. The fourth-order valence-electron chi connectivity index (χ4n) is 5.64. The molecular weight excluding hydrogens is 376 g/mol. The number of aryl methyl sites for hydroxylation is 1. The number of rotatable bonds is 5. The van der Waals surface area contributed by atoms with E-state index in [-0.39, 0.29) is 0 Å². The number of hydrogen-bond acceptors (Lipinski definition) is 6. The second-order valence-corrected chi connectivity index (χ2v) is 9.08. The Kier molecular flexibility index (Phi) is 5.68. The highest BCUT2D eigenvalue weighted by atomic mass is 16.5. The van der Waals surface area contributed by atoms with Gasteiger partial charge in [0.15, 0.2) is 5.75 Å². The predicted molar refractivity (Wildman–Crippen MR) is 120 cm³/mol. The molecule has 1 N–H and O–H groups in total. The zero-order valence-electron chi connectivity index (χ0n) is 18.4. The molecule has 162 valence electrons. The van der Waals surface area contributed by atoms with Crippen LogP contribution in [-0.4, -0.2) is 54.3 Å². The largest absolute Gasteiger partial charge is 0.491 e. The van der Waals surface area contributed by atoms with Crippen LogP contribution in [0.15, 0.2) is 6.07 Å². The summed E-state index contributed by atoms with van der Waals surface area (Å²) in [5.41, 5.74) is 5.61. The van der Waals surface area contributed by atoms with Crippen molar-refractivity contribution in [1.29, 1.82) is 0 Å². The van der Waals surface area contributed by atoms with E-state index < -0.39 is 0 Å². The first-order chi connectivity index (χ1) is 14.8. The SMILES string of the molecule is COc1cc2nc3c(c(NC4CCN(C5CCCC5)CC4)c2nc1OC)CCCC3. The van der Waals surface area contributed by atoms with Crippen LogP contribution >= 0.6 is 0 Å². The van der Waals surface area contributed by atoms with E-state index in [4.69, 9.17) is 19.4 Å². The molecule has 0 atom stereocenters. The number of fused-ring (bicyclic) bond motifs is 2. The number of pyridine rings is 2. The highest BCUT2D eigenvalue weighted by Gasteiger charge is 2.29. The molecule has 2 aliphatic carbocycles. The number of anilines is 1. The number of nitrogens with zero attached hydrogens (tertiary/aromatic N) is 3. The lowest BCUT2D eigenvalue weighted by Gasteiger charge is -2.37. The van der Waals surface area contributed by atoms with Crippen molar-refractivity contribution < 1.29 is 9.47 Å². The Bertz CT molecular complexity index is 897. The minimum atomic E-state index is 0.495. The molecule has 2 aromatic heterocycles. The highest BCUT2D eigenvalue weighted by Crippen LogP contribution is 2.38. The molecule has 0 bridgehead atoms. The molecule has 5 rings (SSSR count). The molecule has 3 heterocycles. The Morgan fingerprint density at radius 3 is 2.43 bits per heavy atom. The lowest BCUT2D eigenvalue weighted by molar-refractivity contribution is 0.159. The fraction of sp³-hybridized carbons (Fsp3) is 0.667. The Hall–Kier alpha value is -2.08. The summed E-state index contributed by atoms with van der Waals surface area (Å²) in [5, 5.41) is 3.93. The van der Waals surface area contributed by atoms with Crippen LogP contribution in [0.2, 0.25) is 0 Å². The van der Waals surface area contributed by atoms with Crippen molar-refractivity contribution in [3.63, 3.8) is 0 Å². The molecule has 30 heavy (non-hydrogen) atoms. The summed E-state index contributed by atoms with van der Waals surface area (Å²) >= 11 is 0. The molecule has 2 aromatic rings. The molecule has 0 amide bonds. The van der Waals surface area contributed by atoms with Crippen LogP contribution in [0.25, 0.3) is 11.0 Å². The monoisotopic (exact) mass is 410 g/mol. The molecule has 1 saturated carbocycles. The van der Waals surface area contributed by atoms with Crippen molar-refractivity contribution in [2.24, 2.45) is 0 Å². The van der Waals surface area contributed by atoms with E-state index in [2.05, 4.69) is 10.2 Å². The maximum atomic E-state index is 5.51. The van der Waals surface area contributed by atoms with Crippen LogP contribution in [0, 0.1) is 0 Å². The summed E-state index contributed by atoms with van der Waals surface area (Å²) in [4.78, 5) is 12.5. The molecule has 0 radical (unpaired) electrons. The number of aromatic nitrogens is 2. The standard InChI is InChI=1S/C24H34N4O2/c1-29-21-15-20-23(27-24(21)30-2)22(18-9-5-6-10-19(18)26-20)25-16-11-13-28(14-12-16)17-7-3-4-8-17/h15-17H,3-14H2,1-2H3,(H,25,26). The van der Waals surface area contributed by atoms with Gasteiger partial charge in [-0.15, -0.1) is 0 Å². The lowest BCUT2D eigenvalue weighted by atomic mass is 9.93. The number of likely N-dealkylation sites (tertiary alicyclic amines) is 1. The number of ether oxygens (including phenoxy) is 2. The van der Waals surface area contributed by atoms with Gasteiger partial charge >= 0.3 is 0 Å². The van der Waals surface area contributed by atoms with E-state index >= 15 is 0 Å². The predicted octanol–water partition coefficient (Wildman–Crippen LogP) is 4.34. The minimum absolute atomic E-state index is 0.495. The van der Waals surface area contributed by atoms with Crippen molar-refractivity contribution >= 4 is 16.7 Å². The van der Waals surface area contributed by atoms with Gasteiger partial charge < -0.3 is 19.7 Å². The molecule has 0 aromatic carbocycles. The molecule has 2 fully saturated rings. The topological polar surface area (TPSA) is 59.5 Å². The number of methoxy groups -OCH3 is 2. The molecular formula is C24H34N4O2. The summed E-state index contributed by atoms with van der Waals surface area (Å²) < 4.78 is 11.0. The second-order valence-electron chi connectivity index (χ2n) is 9.08. The fourth-order valence-corrected chi connectivity index (χ4v) is 5.64. The highest BCUT2D eigenvalue weighted by molar-refractivity contribution is 5.91. The van der Waals surface area contributed by atoms with Gasteiger partial charge in [0.05, 0.1) is 25.4 Å². The number of nitrogens with one attached hydrogen (secondary N) is 1. The van der Waals surface area contributed by atoms with Crippen molar-refractivity contribution in [3.8, 4) is 11.6 Å². The quantitative estimate of drug-likeness (QED) is 0.791. The maximum absolute atomic E-state index is 5.51. The summed E-state index contributed by atoms with van der Waals surface area (Å²) in [5.74, 6) is 1.17. The number of piperidine rings is 1. The van der Waals surface area contributed by atoms with Crippen LogP contribution in [0.5, 0.6) is 11.6 Å². The lowest BCUT2D eigenvalue weighted by Crippen LogP contribution is -2.43. The molecule has 1 aliphatic heterocycles. The van der Waals surface area contributed by atoms with Crippen LogP contribution in [0.3, 0.4) is 0 Å². The molecule has 6 heteroatoms. The third-order valence-corrected chi connectivity index (χ3v) is 7.30. The first-order valence-corrected chi connectivity index (χ1v) is 11.7. The maximum Gasteiger partial charge on any atom is 0.257 e. The van der Waals surface area contributed by atoms with Gasteiger partial charge in [0.2, 0.25) is 0 Å². The van der Waals surface area contributed by atoms with Crippen LogP contribution in [0.4, 0.5) is 5.69 Å². The molecule has 0 unspecified atom stereocenters. The Morgan fingerprint density at radius 2 is 1.70 bits per heavy atom. The average Bonchev–Trinajstić information content (AvgIpc) is 3.33. The van der Waals surface area contributed by atoms with Gasteiger partial charge in [-0.3, -0.25) is 4.98 Å². The van der Waals surface area contributed by atoms with Crippen molar-refractivity contribution in [1.82, 2.24) is 14.9 Å². The van der Waals surface area contributed by atoms with E-state index in [1.807, 2.05) is 6.07 Å². The van der Waals surface area contributed by atoms with E-state index in [0.29, 0.717) is 17.7 Å². The summed E-state index contributed by atoms with van der Waals surface area (Å²) in [6.07, 6.45) is 12.6. The van der Waals surface area contributed by atoms with Gasteiger partial charge in [0, 0.05) is 36.9 Å². The Morgan fingerprint density at radius 1 is 0.933 bits per heavy atom. The van der Waals surface area contributed by atoms with Gasteiger partial charge in [-0.25, -0.2) is 4.98 Å². The van der Waals surface area contributed by atoms with Gasteiger partial charge in [0.25, 0.3) is 5.88 Å². The van der Waals surface area contributed by atoms with Gasteiger partial charge in [0.1, 0.15) is 5.52 Å². The molecule has 6 nitrogen and oxygen atoms in total. The van der Waals surface area contributed by atoms with E-state index in [9.17, 15) is 0 Å². The Balaban J connectivity index is 1.45. The average molecular weight is 411 g/mol. The normalized spacial score (nSPS) is 21.0. The molecule has 0 spiro atoms. The van der Waals surface area contributed by atoms with Crippen LogP contribution in [0.1, 0.15) is 62.6 Å². The first kappa shape index (κ1) is 19.9. The zero-order chi connectivity index (χ0) is 20.5. The van der Waals surface area contributed by atoms with Crippen molar-refractivity contribution in [2.75, 3.05) is 32.6 Å². The van der Waals surface area contributed by atoms with Crippen LogP contribution in [-0.2, 0) is 12.8 Å². The first-order valence-electron chi connectivity index (χ1n) is 11.7. The minimum Gasteiger partial charge on any atom is -0.491 e. The smallest absolute Gasteiger partial charge is 0.257 e.